The number of carbonyl (C=O) groups is 1. The molecule has 2 aromatic rings. The number of benzene rings is 2. The molecule has 0 spiro atoms. The second-order valence-corrected chi connectivity index (χ2v) is 4.29. The van der Waals surface area contributed by atoms with Crippen molar-refractivity contribution in [3.8, 4) is 0 Å². The molecule has 0 aliphatic rings. The molecule has 2 rings (SSSR count). The number of halogens is 5. The van der Waals surface area contributed by atoms with Crippen molar-refractivity contribution in [2.45, 2.75) is 6.54 Å². The Bertz CT molecular complexity index is 719. The Morgan fingerprint density at radius 2 is 1.50 bits per heavy atom. The molecule has 0 radical (unpaired) electrons. The molecule has 3 nitrogen and oxygen atoms in total. The quantitative estimate of drug-likeness (QED) is 0.514. The summed E-state index contributed by atoms with van der Waals surface area (Å²) in [5.74, 6) is -11.4. The fourth-order valence-electron chi connectivity index (χ4n) is 1.76. The van der Waals surface area contributed by atoms with Crippen molar-refractivity contribution in [1.29, 1.82) is 0 Å². The molecule has 0 aliphatic heterocycles. The molecule has 0 aromatic heterocycles. The first-order valence-corrected chi connectivity index (χ1v) is 5.90. The lowest BCUT2D eigenvalue weighted by Crippen LogP contribution is -2.11. The highest BCUT2D eigenvalue weighted by Gasteiger charge is 2.25. The van der Waals surface area contributed by atoms with Gasteiger partial charge in [-0.2, -0.15) is 0 Å². The minimum absolute atomic E-state index is 0.0950. The summed E-state index contributed by atoms with van der Waals surface area (Å²) >= 11 is 0. The highest BCUT2D eigenvalue weighted by Crippen LogP contribution is 2.24. The standard InChI is InChI=1S/C14H8F5NO2/c15-9-8(10(16)12(18)13(19)11(9)17)5-20-7-3-1-2-6(4-7)14(21)22/h1-4,20H,5H2,(H,21,22). The molecule has 0 amide bonds. The average Bonchev–Trinajstić information content (AvgIpc) is 2.51. The molecular weight excluding hydrogens is 309 g/mol. The van der Waals surface area contributed by atoms with Crippen LogP contribution in [-0.4, -0.2) is 11.1 Å². The molecule has 2 N–H and O–H groups in total. The van der Waals surface area contributed by atoms with Gasteiger partial charge in [0.05, 0.1) is 5.56 Å². The van der Waals surface area contributed by atoms with Gasteiger partial charge in [0.1, 0.15) is 0 Å². The van der Waals surface area contributed by atoms with Gasteiger partial charge in [0, 0.05) is 17.8 Å². The molecule has 0 atom stereocenters. The van der Waals surface area contributed by atoms with Crippen LogP contribution < -0.4 is 5.32 Å². The van der Waals surface area contributed by atoms with Gasteiger partial charge in [-0.05, 0) is 18.2 Å². The summed E-state index contributed by atoms with van der Waals surface area (Å²) < 4.78 is 65.9. The Labute approximate surface area is 121 Å². The van der Waals surface area contributed by atoms with Crippen LogP contribution in [0.5, 0.6) is 0 Å². The summed E-state index contributed by atoms with van der Waals surface area (Å²) in [6.45, 7) is -0.700. The zero-order chi connectivity index (χ0) is 16.4. The van der Waals surface area contributed by atoms with Gasteiger partial charge in [0.2, 0.25) is 5.82 Å². The molecule has 8 heteroatoms. The van der Waals surface area contributed by atoms with Crippen LogP contribution >= 0.6 is 0 Å². The Morgan fingerprint density at radius 1 is 0.955 bits per heavy atom. The van der Waals surface area contributed by atoms with Crippen molar-refractivity contribution in [2.24, 2.45) is 0 Å². The minimum atomic E-state index is -2.23. The van der Waals surface area contributed by atoms with Gasteiger partial charge >= 0.3 is 5.97 Å². The van der Waals surface area contributed by atoms with Crippen molar-refractivity contribution >= 4 is 11.7 Å². The number of anilines is 1. The lowest BCUT2D eigenvalue weighted by molar-refractivity contribution is 0.0697. The number of carboxylic acids is 1. The summed E-state index contributed by atoms with van der Waals surface area (Å²) in [7, 11) is 0. The van der Waals surface area contributed by atoms with Gasteiger partial charge in [-0.25, -0.2) is 26.7 Å². The maximum Gasteiger partial charge on any atom is 0.335 e. The molecule has 0 bridgehead atoms. The fourth-order valence-corrected chi connectivity index (χ4v) is 1.76. The van der Waals surface area contributed by atoms with Gasteiger partial charge in [0.15, 0.2) is 23.3 Å². The molecular formula is C14H8F5NO2. The smallest absolute Gasteiger partial charge is 0.335 e. The molecule has 0 heterocycles. The van der Waals surface area contributed by atoms with E-state index in [1.54, 1.807) is 0 Å². The number of aromatic carboxylic acids is 1. The summed E-state index contributed by atoms with van der Waals surface area (Å²) in [4.78, 5) is 10.8. The van der Waals surface area contributed by atoms with Crippen molar-refractivity contribution in [1.82, 2.24) is 0 Å². The third kappa shape index (κ3) is 2.85. The van der Waals surface area contributed by atoms with E-state index in [0.717, 1.165) is 6.07 Å². The van der Waals surface area contributed by atoms with Gasteiger partial charge in [-0.1, -0.05) is 6.07 Å². The zero-order valence-electron chi connectivity index (χ0n) is 10.8. The Hall–Kier alpha value is -2.64. The normalized spacial score (nSPS) is 10.6. The second-order valence-electron chi connectivity index (χ2n) is 4.29. The van der Waals surface area contributed by atoms with Crippen molar-refractivity contribution in [3.05, 3.63) is 64.5 Å². The number of nitrogens with one attached hydrogen (secondary N) is 1. The number of hydrogen-bond donors (Lipinski definition) is 2. The van der Waals surface area contributed by atoms with Gasteiger partial charge in [-0.15, -0.1) is 0 Å². The van der Waals surface area contributed by atoms with Crippen molar-refractivity contribution in [3.63, 3.8) is 0 Å². The largest absolute Gasteiger partial charge is 0.478 e. The molecule has 2 aromatic carbocycles. The van der Waals surface area contributed by atoms with Crippen LogP contribution in [0.2, 0.25) is 0 Å². The lowest BCUT2D eigenvalue weighted by atomic mass is 10.1. The van der Waals surface area contributed by atoms with E-state index >= 15 is 0 Å². The fraction of sp³-hybridized carbons (Fsp3) is 0.0714. The first kappa shape index (κ1) is 15.7. The number of carboxylic acid groups (broad SMARTS) is 1. The Morgan fingerprint density at radius 3 is 2.05 bits per heavy atom. The van der Waals surface area contributed by atoms with E-state index in [-0.39, 0.29) is 11.3 Å². The third-order valence-electron chi connectivity index (χ3n) is 2.88. The monoisotopic (exact) mass is 317 g/mol. The second kappa shape index (κ2) is 6.00. The zero-order valence-corrected chi connectivity index (χ0v) is 10.8. The number of hydrogen-bond acceptors (Lipinski definition) is 2. The lowest BCUT2D eigenvalue weighted by Gasteiger charge is -2.10. The van der Waals surface area contributed by atoms with E-state index in [9.17, 15) is 26.7 Å². The molecule has 0 saturated heterocycles. The first-order chi connectivity index (χ1) is 10.3. The maximum atomic E-state index is 13.5. The van der Waals surface area contributed by atoms with Crippen LogP contribution in [0, 0.1) is 29.1 Å². The topological polar surface area (TPSA) is 49.3 Å². The number of rotatable bonds is 4. The predicted octanol–water partition coefficient (Wildman–Crippen LogP) is 3.69. The maximum absolute atomic E-state index is 13.5. The molecule has 0 unspecified atom stereocenters. The molecule has 116 valence electrons. The van der Waals surface area contributed by atoms with E-state index in [2.05, 4.69) is 5.32 Å². The van der Waals surface area contributed by atoms with Crippen LogP contribution in [-0.2, 0) is 6.54 Å². The summed E-state index contributed by atoms with van der Waals surface area (Å²) in [6, 6.07) is 5.20. The van der Waals surface area contributed by atoms with Crippen molar-refractivity contribution < 1.29 is 31.9 Å². The first-order valence-electron chi connectivity index (χ1n) is 5.90. The summed E-state index contributed by atoms with van der Waals surface area (Å²) in [6.07, 6.45) is 0. The molecule has 0 saturated carbocycles. The van der Waals surface area contributed by atoms with E-state index in [1.165, 1.54) is 18.2 Å². The highest BCUT2D eigenvalue weighted by molar-refractivity contribution is 5.88. The van der Waals surface area contributed by atoms with E-state index in [4.69, 9.17) is 5.11 Å². The van der Waals surface area contributed by atoms with Crippen LogP contribution in [0.4, 0.5) is 27.6 Å². The average molecular weight is 317 g/mol. The van der Waals surface area contributed by atoms with E-state index in [1.807, 2.05) is 0 Å². The molecule has 0 aliphatic carbocycles. The Kier molecular flexibility index (Phi) is 4.30. The van der Waals surface area contributed by atoms with E-state index < -0.39 is 47.2 Å². The van der Waals surface area contributed by atoms with Crippen LogP contribution in [0.15, 0.2) is 24.3 Å². The summed E-state index contributed by atoms with van der Waals surface area (Å²) in [5, 5.41) is 11.2. The van der Waals surface area contributed by atoms with Crippen molar-refractivity contribution in [2.75, 3.05) is 5.32 Å². The molecule has 0 fully saturated rings. The SMILES string of the molecule is O=C(O)c1cccc(NCc2c(F)c(F)c(F)c(F)c2F)c1. The van der Waals surface area contributed by atoms with Crippen LogP contribution in [0.3, 0.4) is 0 Å². The van der Waals surface area contributed by atoms with Crippen LogP contribution in [0.1, 0.15) is 15.9 Å². The Balaban J connectivity index is 2.29. The third-order valence-corrected chi connectivity index (χ3v) is 2.88. The molecule has 22 heavy (non-hydrogen) atoms. The predicted molar refractivity (Wildman–Crippen MR) is 67.0 cm³/mol. The van der Waals surface area contributed by atoms with Gasteiger partial charge in [0.25, 0.3) is 0 Å². The minimum Gasteiger partial charge on any atom is -0.478 e. The van der Waals surface area contributed by atoms with Gasteiger partial charge < -0.3 is 10.4 Å². The summed E-state index contributed by atoms with van der Waals surface area (Å²) in [5.41, 5.74) is -0.969. The van der Waals surface area contributed by atoms with Gasteiger partial charge in [-0.3, -0.25) is 0 Å². The van der Waals surface area contributed by atoms with Crippen LogP contribution in [0.25, 0.3) is 0 Å². The highest BCUT2D eigenvalue weighted by atomic mass is 19.2. The van der Waals surface area contributed by atoms with E-state index in [0.29, 0.717) is 0 Å².